The first-order chi connectivity index (χ1) is 14.0. The monoisotopic (exact) mass is 452 g/mol. The Labute approximate surface area is 187 Å². The fourth-order valence-electron chi connectivity index (χ4n) is 2.99. The summed E-state index contributed by atoms with van der Waals surface area (Å²) in [6.45, 7) is 4.59. The van der Waals surface area contributed by atoms with E-state index < -0.39 is 6.04 Å². The number of benzene rings is 2. The Morgan fingerprint density at radius 3 is 2.52 bits per heavy atom. The minimum absolute atomic E-state index is 0.0879. The first-order valence-electron chi connectivity index (χ1n) is 9.59. The molecule has 29 heavy (non-hydrogen) atoms. The SMILES string of the molecule is CCNC(=O)[C@H](CC)N(Cc1ccccc1Cl)C(=O)CSCc1cccc(Cl)c1. The van der Waals surface area contributed by atoms with Crippen molar-refractivity contribution in [1.82, 2.24) is 10.2 Å². The third kappa shape index (κ3) is 7.25. The second-order valence-corrected chi connectivity index (χ2v) is 8.38. The summed E-state index contributed by atoms with van der Waals surface area (Å²) >= 11 is 13.8. The molecule has 0 fully saturated rings. The minimum Gasteiger partial charge on any atom is -0.355 e. The molecule has 2 rings (SSSR count). The van der Waals surface area contributed by atoms with Gasteiger partial charge in [0.15, 0.2) is 0 Å². The zero-order valence-corrected chi connectivity index (χ0v) is 19.0. The molecule has 156 valence electrons. The molecule has 2 amide bonds. The van der Waals surface area contributed by atoms with Crippen molar-refractivity contribution >= 4 is 46.8 Å². The molecule has 2 aromatic carbocycles. The summed E-state index contributed by atoms with van der Waals surface area (Å²) in [5, 5.41) is 4.10. The van der Waals surface area contributed by atoms with Gasteiger partial charge in [-0.2, -0.15) is 0 Å². The predicted octanol–water partition coefficient (Wildman–Crippen LogP) is 5.17. The van der Waals surface area contributed by atoms with Crippen LogP contribution in [0.4, 0.5) is 0 Å². The zero-order chi connectivity index (χ0) is 21.2. The predicted molar refractivity (Wildman–Crippen MR) is 122 cm³/mol. The van der Waals surface area contributed by atoms with E-state index in [0.717, 1.165) is 11.1 Å². The maximum Gasteiger partial charge on any atom is 0.242 e. The van der Waals surface area contributed by atoms with E-state index >= 15 is 0 Å². The number of carbonyl (C=O) groups is 2. The van der Waals surface area contributed by atoms with Crippen LogP contribution in [0.25, 0.3) is 0 Å². The molecule has 1 atom stereocenters. The van der Waals surface area contributed by atoms with Crippen LogP contribution in [0.1, 0.15) is 31.4 Å². The Kier molecular flexibility index (Phi) is 9.85. The molecule has 0 aliphatic heterocycles. The molecule has 7 heteroatoms. The Balaban J connectivity index is 2.12. The number of thioether (sulfide) groups is 1. The molecule has 0 radical (unpaired) electrons. The van der Waals surface area contributed by atoms with Gasteiger partial charge in [-0.05, 0) is 42.7 Å². The van der Waals surface area contributed by atoms with Crippen molar-refractivity contribution in [2.24, 2.45) is 0 Å². The second kappa shape index (κ2) is 12.1. The molecular weight excluding hydrogens is 427 g/mol. The Bertz CT molecular complexity index is 832. The lowest BCUT2D eigenvalue weighted by Crippen LogP contribution is -2.49. The highest BCUT2D eigenvalue weighted by Gasteiger charge is 2.28. The number of carbonyl (C=O) groups excluding carboxylic acids is 2. The van der Waals surface area contributed by atoms with E-state index in [1.807, 2.05) is 56.3 Å². The van der Waals surface area contributed by atoms with Gasteiger partial charge in [-0.15, -0.1) is 11.8 Å². The number of nitrogens with one attached hydrogen (secondary N) is 1. The standard InChI is InChI=1S/C22H26Cl2N2O2S/c1-3-20(22(28)25-4-2)26(13-17-9-5-6-11-19(17)24)21(27)15-29-14-16-8-7-10-18(23)12-16/h5-12,20H,3-4,13-15H2,1-2H3,(H,25,28)/t20-/m0/s1. The van der Waals surface area contributed by atoms with Crippen LogP contribution in [0, 0.1) is 0 Å². The maximum atomic E-state index is 13.1. The number of nitrogens with zero attached hydrogens (tertiary/aromatic N) is 1. The quantitative estimate of drug-likeness (QED) is 0.540. The zero-order valence-electron chi connectivity index (χ0n) is 16.7. The van der Waals surface area contributed by atoms with Gasteiger partial charge < -0.3 is 10.2 Å². The Morgan fingerprint density at radius 2 is 1.86 bits per heavy atom. The summed E-state index contributed by atoms with van der Waals surface area (Å²) in [7, 11) is 0. The number of rotatable bonds is 10. The smallest absolute Gasteiger partial charge is 0.242 e. The lowest BCUT2D eigenvalue weighted by atomic mass is 10.1. The summed E-state index contributed by atoms with van der Waals surface area (Å²) in [6.07, 6.45) is 0.529. The third-order valence-electron chi connectivity index (χ3n) is 4.42. The number of likely N-dealkylation sites (N-methyl/N-ethyl adjacent to an activating group) is 1. The molecule has 0 aliphatic rings. The van der Waals surface area contributed by atoms with E-state index in [4.69, 9.17) is 23.2 Å². The van der Waals surface area contributed by atoms with Gasteiger partial charge in [0.25, 0.3) is 0 Å². The lowest BCUT2D eigenvalue weighted by molar-refractivity contribution is -0.139. The average molecular weight is 453 g/mol. The first-order valence-corrected chi connectivity index (χ1v) is 11.5. The van der Waals surface area contributed by atoms with Crippen LogP contribution in [0.3, 0.4) is 0 Å². The molecule has 1 N–H and O–H groups in total. The molecule has 0 saturated carbocycles. The van der Waals surface area contributed by atoms with Crippen molar-refractivity contribution in [1.29, 1.82) is 0 Å². The maximum absolute atomic E-state index is 13.1. The van der Waals surface area contributed by atoms with Crippen LogP contribution >= 0.6 is 35.0 Å². The normalized spacial score (nSPS) is 11.7. The molecular formula is C22H26Cl2N2O2S. The number of hydrogen-bond donors (Lipinski definition) is 1. The average Bonchev–Trinajstić information content (AvgIpc) is 2.69. The van der Waals surface area contributed by atoms with Crippen molar-refractivity contribution in [2.45, 2.75) is 38.6 Å². The summed E-state index contributed by atoms with van der Waals surface area (Å²) < 4.78 is 0. The van der Waals surface area contributed by atoms with Crippen LogP contribution in [-0.2, 0) is 21.9 Å². The number of hydrogen-bond acceptors (Lipinski definition) is 3. The van der Waals surface area contributed by atoms with Crippen molar-refractivity contribution in [3.05, 3.63) is 69.7 Å². The summed E-state index contributed by atoms with van der Waals surface area (Å²) in [6, 6.07) is 14.5. The van der Waals surface area contributed by atoms with Crippen molar-refractivity contribution in [3.8, 4) is 0 Å². The van der Waals surface area contributed by atoms with E-state index in [0.29, 0.717) is 35.3 Å². The van der Waals surface area contributed by atoms with Gasteiger partial charge in [-0.1, -0.05) is 60.5 Å². The molecule has 0 bridgehead atoms. The van der Waals surface area contributed by atoms with E-state index in [1.165, 1.54) is 11.8 Å². The summed E-state index contributed by atoms with van der Waals surface area (Å²) in [5.74, 6) is 0.710. The molecule has 0 saturated heterocycles. The largest absolute Gasteiger partial charge is 0.355 e. The highest BCUT2D eigenvalue weighted by molar-refractivity contribution is 7.99. The van der Waals surface area contributed by atoms with Gasteiger partial charge in [-0.3, -0.25) is 9.59 Å². The van der Waals surface area contributed by atoms with Crippen molar-refractivity contribution in [3.63, 3.8) is 0 Å². The third-order valence-corrected chi connectivity index (χ3v) is 6.01. The molecule has 2 aromatic rings. The Hall–Kier alpha value is -1.69. The van der Waals surface area contributed by atoms with Crippen LogP contribution in [0.2, 0.25) is 10.0 Å². The number of halogens is 2. The lowest BCUT2D eigenvalue weighted by Gasteiger charge is -2.30. The molecule has 0 aliphatic carbocycles. The Morgan fingerprint density at radius 1 is 1.10 bits per heavy atom. The topological polar surface area (TPSA) is 49.4 Å². The summed E-state index contributed by atoms with van der Waals surface area (Å²) in [5.41, 5.74) is 1.88. The van der Waals surface area contributed by atoms with E-state index in [9.17, 15) is 9.59 Å². The van der Waals surface area contributed by atoms with Crippen molar-refractivity contribution < 1.29 is 9.59 Å². The highest BCUT2D eigenvalue weighted by Crippen LogP contribution is 2.22. The van der Waals surface area contributed by atoms with Gasteiger partial charge in [0.2, 0.25) is 11.8 Å². The molecule has 0 unspecified atom stereocenters. The first kappa shape index (κ1) is 23.6. The molecule has 0 spiro atoms. The van der Waals surface area contributed by atoms with Crippen LogP contribution in [-0.4, -0.2) is 35.1 Å². The fraction of sp³-hybridized carbons (Fsp3) is 0.364. The minimum atomic E-state index is -0.537. The molecule has 0 heterocycles. The summed E-state index contributed by atoms with van der Waals surface area (Å²) in [4.78, 5) is 27.3. The molecule has 0 aromatic heterocycles. The van der Waals surface area contributed by atoms with Gasteiger partial charge in [-0.25, -0.2) is 0 Å². The fourth-order valence-corrected chi connectivity index (χ4v) is 4.25. The van der Waals surface area contributed by atoms with Crippen LogP contribution in [0.5, 0.6) is 0 Å². The van der Waals surface area contributed by atoms with Crippen LogP contribution < -0.4 is 5.32 Å². The van der Waals surface area contributed by atoms with Gasteiger partial charge in [0, 0.05) is 28.9 Å². The van der Waals surface area contributed by atoms with Crippen molar-refractivity contribution in [2.75, 3.05) is 12.3 Å². The van der Waals surface area contributed by atoms with Crippen LogP contribution in [0.15, 0.2) is 48.5 Å². The highest BCUT2D eigenvalue weighted by atomic mass is 35.5. The van der Waals surface area contributed by atoms with Gasteiger partial charge in [0.1, 0.15) is 6.04 Å². The molecule has 4 nitrogen and oxygen atoms in total. The van der Waals surface area contributed by atoms with E-state index in [2.05, 4.69) is 5.32 Å². The second-order valence-electron chi connectivity index (χ2n) is 6.55. The van der Waals surface area contributed by atoms with Gasteiger partial charge in [0.05, 0.1) is 5.75 Å². The van der Waals surface area contributed by atoms with E-state index in [1.54, 1.807) is 11.0 Å². The van der Waals surface area contributed by atoms with E-state index in [-0.39, 0.29) is 17.6 Å². The number of amides is 2. The van der Waals surface area contributed by atoms with Gasteiger partial charge >= 0.3 is 0 Å².